The molecule has 0 atom stereocenters. The number of rotatable bonds is 5. The van der Waals surface area contributed by atoms with Crippen LogP contribution in [0.25, 0.3) is 50.7 Å². The van der Waals surface area contributed by atoms with Crippen molar-refractivity contribution in [3.8, 4) is 44.6 Å². The Morgan fingerprint density at radius 2 is 0.812 bits per heavy atom. The second-order valence-electron chi connectivity index (χ2n) is 7.64. The normalized spacial score (nSPS) is 10.6. The van der Waals surface area contributed by atoms with Crippen LogP contribution in [0.2, 0.25) is 0 Å². The molecule has 152 valence electrons. The molecular formula is C31H23N. The second-order valence-corrected chi connectivity index (χ2v) is 7.64. The molecule has 1 aromatic heterocycles. The van der Waals surface area contributed by atoms with Crippen molar-refractivity contribution < 1.29 is 0 Å². The number of nitrogens with zero attached hydrogens (tertiary/aromatic N) is 1. The molecule has 0 saturated carbocycles. The summed E-state index contributed by atoms with van der Waals surface area (Å²) in [7, 11) is 0. The monoisotopic (exact) mass is 409 g/mol. The molecule has 0 unspecified atom stereocenters. The number of hydrogen-bond acceptors (Lipinski definition) is 1. The van der Waals surface area contributed by atoms with Crippen molar-refractivity contribution in [1.29, 1.82) is 0 Å². The highest BCUT2D eigenvalue weighted by atomic mass is 14.7. The first-order valence-corrected chi connectivity index (χ1v) is 10.8. The maximum absolute atomic E-state index is 5.18. The van der Waals surface area contributed by atoms with Gasteiger partial charge >= 0.3 is 0 Å². The van der Waals surface area contributed by atoms with Crippen LogP contribution in [0.1, 0.15) is 5.69 Å². The summed E-state index contributed by atoms with van der Waals surface area (Å²) in [6, 6.07) is 42.0. The van der Waals surface area contributed by atoms with Crippen LogP contribution in [0.15, 0.2) is 128 Å². The van der Waals surface area contributed by atoms with Crippen molar-refractivity contribution in [3.05, 3.63) is 134 Å². The van der Waals surface area contributed by atoms with Crippen molar-refractivity contribution in [2.75, 3.05) is 0 Å². The molecule has 1 nitrogen and oxygen atoms in total. The third-order valence-corrected chi connectivity index (χ3v) is 5.65. The van der Waals surface area contributed by atoms with Gasteiger partial charge in [-0.25, -0.2) is 4.98 Å². The predicted molar refractivity (Wildman–Crippen MR) is 136 cm³/mol. The van der Waals surface area contributed by atoms with E-state index in [1.165, 1.54) is 5.56 Å². The SMILES string of the molecule is C=Cc1nc(-c2ccccc2)c(-c2ccccc2)c(-c2ccccc2)c1-c1ccccc1. The van der Waals surface area contributed by atoms with Crippen LogP contribution in [-0.4, -0.2) is 4.98 Å². The molecular weight excluding hydrogens is 386 g/mol. The van der Waals surface area contributed by atoms with Gasteiger partial charge in [-0.05, 0) is 22.8 Å². The largest absolute Gasteiger partial charge is 0.247 e. The maximum Gasteiger partial charge on any atom is 0.0794 e. The van der Waals surface area contributed by atoms with E-state index in [9.17, 15) is 0 Å². The van der Waals surface area contributed by atoms with E-state index in [1.807, 2.05) is 18.2 Å². The van der Waals surface area contributed by atoms with Gasteiger partial charge in [-0.15, -0.1) is 0 Å². The molecule has 0 aliphatic heterocycles. The van der Waals surface area contributed by atoms with Crippen LogP contribution in [0.4, 0.5) is 0 Å². The summed E-state index contributed by atoms with van der Waals surface area (Å²) in [4.78, 5) is 5.18. The lowest BCUT2D eigenvalue weighted by atomic mass is 9.84. The average Bonchev–Trinajstić information content (AvgIpc) is 2.89. The van der Waals surface area contributed by atoms with Crippen molar-refractivity contribution in [2.45, 2.75) is 0 Å². The van der Waals surface area contributed by atoms with Gasteiger partial charge in [0.15, 0.2) is 0 Å². The number of aromatic nitrogens is 1. The molecule has 0 radical (unpaired) electrons. The van der Waals surface area contributed by atoms with E-state index in [0.29, 0.717) is 0 Å². The first-order valence-electron chi connectivity index (χ1n) is 10.8. The Kier molecular flexibility index (Phi) is 5.47. The van der Waals surface area contributed by atoms with Crippen LogP contribution in [0, 0.1) is 0 Å². The van der Waals surface area contributed by atoms with Crippen molar-refractivity contribution in [3.63, 3.8) is 0 Å². The zero-order valence-corrected chi connectivity index (χ0v) is 17.8. The van der Waals surface area contributed by atoms with Gasteiger partial charge in [-0.2, -0.15) is 0 Å². The van der Waals surface area contributed by atoms with Gasteiger partial charge in [0, 0.05) is 22.3 Å². The number of hydrogen-bond donors (Lipinski definition) is 0. The van der Waals surface area contributed by atoms with Crippen molar-refractivity contribution in [2.24, 2.45) is 0 Å². The molecule has 0 spiro atoms. The summed E-state index contributed by atoms with van der Waals surface area (Å²) < 4.78 is 0. The van der Waals surface area contributed by atoms with Gasteiger partial charge in [0.1, 0.15) is 0 Å². The second kappa shape index (κ2) is 8.87. The summed E-state index contributed by atoms with van der Waals surface area (Å²) in [5.74, 6) is 0. The fourth-order valence-corrected chi connectivity index (χ4v) is 4.23. The minimum Gasteiger partial charge on any atom is -0.247 e. The molecule has 0 aliphatic carbocycles. The Morgan fingerprint density at radius 3 is 1.25 bits per heavy atom. The average molecular weight is 410 g/mol. The first-order chi connectivity index (χ1) is 15.9. The van der Waals surface area contributed by atoms with E-state index in [2.05, 4.69) is 116 Å². The summed E-state index contributed by atoms with van der Waals surface area (Å²) in [6.07, 6.45) is 1.87. The van der Waals surface area contributed by atoms with Gasteiger partial charge in [0.25, 0.3) is 0 Å². The standard InChI is InChI=1S/C31H23N/c1-2-27-28(23-15-7-3-8-16-23)29(24-17-9-4-10-18-24)30(25-19-11-5-12-20-25)31(32-27)26-21-13-6-14-22-26/h2-22H,1H2. The minimum absolute atomic E-state index is 0.883. The lowest BCUT2D eigenvalue weighted by Gasteiger charge is -2.22. The molecule has 0 aliphatic rings. The maximum atomic E-state index is 5.18. The molecule has 4 aromatic carbocycles. The van der Waals surface area contributed by atoms with Gasteiger partial charge < -0.3 is 0 Å². The Labute approximate surface area is 189 Å². The fourth-order valence-electron chi connectivity index (χ4n) is 4.23. The van der Waals surface area contributed by atoms with Gasteiger partial charge in [0.05, 0.1) is 11.4 Å². The summed E-state index contributed by atoms with van der Waals surface area (Å²) >= 11 is 0. The van der Waals surface area contributed by atoms with Crippen LogP contribution in [0.3, 0.4) is 0 Å². The molecule has 0 N–H and O–H groups in total. The van der Waals surface area contributed by atoms with E-state index in [0.717, 1.165) is 44.8 Å². The van der Waals surface area contributed by atoms with Gasteiger partial charge in [-0.3, -0.25) is 0 Å². The summed E-state index contributed by atoms with van der Waals surface area (Å²) in [5, 5.41) is 0. The Bertz CT molecular complexity index is 1340. The molecule has 0 saturated heterocycles. The number of pyridine rings is 1. The van der Waals surface area contributed by atoms with Crippen molar-refractivity contribution in [1.82, 2.24) is 4.98 Å². The zero-order valence-electron chi connectivity index (χ0n) is 17.8. The van der Waals surface area contributed by atoms with Crippen LogP contribution >= 0.6 is 0 Å². The van der Waals surface area contributed by atoms with E-state index in [4.69, 9.17) is 4.98 Å². The van der Waals surface area contributed by atoms with Crippen molar-refractivity contribution >= 4 is 6.08 Å². The van der Waals surface area contributed by atoms with Gasteiger partial charge in [0.2, 0.25) is 0 Å². The third kappa shape index (κ3) is 3.66. The lowest BCUT2D eigenvalue weighted by molar-refractivity contribution is 1.29. The molecule has 0 bridgehead atoms. The molecule has 0 amide bonds. The molecule has 5 aromatic rings. The van der Waals surface area contributed by atoms with Crippen LogP contribution in [0.5, 0.6) is 0 Å². The van der Waals surface area contributed by atoms with Gasteiger partial charge in [-0.1, -0.05) is 128 Å². The highest BCUT2D eigenvalue weighted by Crippen LogP contribution is 2.46. The highest BCUT2D eigenvalue weighted by molar-refractivity contribution is 6.02. The molecule has 1 heterocycles. The molecule has 1 heteroatoms. The fraction of sp³-hybridized carbons (Fsp3) is 0. The highest BCUT2D eigenvalue weighted by Gasteiger charge is 2.22. The Balaban J connectivity index is 1.99. The molecule has 32 heavy (non-hydrogen) atoms. The lowest BCUT2D eigenvalue weighted by Crippen LogP contribution is -2.01. The smallest absolute Gasteiger partial charge is 0.0794 e. The molecule has 0 fully saturated rings. The van der Waals surface area contributed by atoms with E-state index < -0.39 is 0 Å². The van der Waals surface area contributed by atoms with Crippen LogP contribution < -0.4 is 0 Å². The molecule has 5 rings (SSSR count). The first kappa shape index (κ1) is 19.7. The summed E-state index contributed by atoms with van der Waals surface area (Å²) in [6.45, 7) is 4.13. The minimum atomic E-state index is 0.883. The van der Waals surface area contributed by atoms with Crippen LogP contribution in [-0.2, 0) is 0 Å². The topological polar surface area (TPSA) is 12.9 Å². The van der Waals surface area contributed by atoms with E-state index in [-0.39, 0.29) is 0 Å². The quantitative estimate of drug-likeness (QED) is 0.284. The summed E-state index contributed by atoms with van der Waals surface area (Å²) in [5.41, 5.74) is 9.78. The Morgan fingerprint density at radius 1 is 0.438 bits per heavy atom. The third-order valence-electron chi connectivity index (χ3n) is 5.65. The zero-order chi connectivity index (χ0) is 21.8. The Hall–Kier alpha value is -4.23. The van der Waals surface area contributed by atoms with E-state index in [1.54, 1.807) is 0 Å². The number of benzene rings is 4. The predicted octanol–water partition coefficient (Wildman–Crippen LogP) is 8.39. The van der Waals surface area contributed by atoms with E-state index >= 15 is 0 Å².